The molecule has 0 atom stereocenters. The number of pyridine rings is 1. The Bertz CT molecular complexity index is 591. The minimum absolute atomic E-state index is 0.0557. The summed E-state index contributed by atoms with van der Waals surface area (Å²) in [7, 11) is 0. The van der Waals surface area contributed by atoms with Gasteiger partial charge in [0.1, 0.15) is 0 Å². The number of hydrogen-bond acceptors (Lipinski definition) is 5. The summed E-state index contributed by atoms with van der Waals surface area (Å²) >= 11 is 0. The fourth-order valence-electron chi connectivity index (χ4n) is 1.60. The maximum atomic E-state index is 14.0. The standard InChI is InChI=1S/C13H14FN5O/c1-2-15-12-11(14)10(5-7-16-12)13(20)17-8-9-4-3-6-18-19-9/h3-7H,2,8H2,1H3,(H,15,16)(H,17,20). The lowest BCUT2D eigenvalue weighted by Crippen LogP contribution is -2.25. The molecule has 0 aliphatic carbocycles. The monoisotopic (exact) mass is 275 g/mol. The Balaban J connectivity index is 2.08. The number of rotatable bonds is 5. The normalized spacial score (nSPS) is 10.1. The van der Waals surface area contributed by atoms with Crippen LogP contribution in [0.3, 0.4) is 0 Å². The molecule has 2 aromatic rings. The van der Waals surface area contributed by atoms with Crippen molar-refractivity contribution in [1.29, 1.82) is 0 Å². The van der Waals surface area contributed by atoms with Crippen LogP contribution in [0.5, 0.6) is 0 Å². The number of nitrogens with zero attached hydrogens (tertiary/aromatic N) is 3. The SMILES string of the molecule is CCNc1nccc(C(=O)NCc2cccnn2)c1F. The van der Waals surface area contributed by atoms with Crippen molar-refractivity contribution in [1.82, 2.24) is 20.5 Å². The third kappa shape index (κ3) is 3.25. The Morgan fingerprint density at radius 1 is 1.35 bits per heavy atom. The van der Waals surface area contributed by atoms with E-state index in [1.807, 2.05) is 6.92 Å². The molecule has 2 heterocycles. The van der Waals surface area contributed by atoms with Gasteiger partial charge < -0.3 is 10.6 Å². The Morgan fingerprint density at radius 3 is 2.90 bits per heavy atom. The van der Waals surface area contributed by atoms with Crippen molar-refractivity contribution < 1.29 is 9.18 Å². The summed E-state index contributed by atoms with van der Waals surface area (Å²) < 4.78 is 14.0. The van der Waals surface area contributed by atoms with E-state index in [2.05, 4.69) is 25.8 Å². The zero-order valence-corrected chi connectivity index (χ0v) is 10.9. The van der Waals surface area contributed by atoms with Crippen molar-refractivity contribution in [3.63, 3.8) is 0 Å². The molecular weight excluding hydrogens is 261 g/mol. The van der Waals surface area contributed by atoms with E-state index in [1.165, 1.54) is 18.5 Å². The molecule has 2 rings (SSSR count). The molecule has 20 heavy (non-hydrogen) atoms. The lowest BCUT2D eigenvalue weighted by atomic mass is 10.2. The van der Waals surface area contributed by atoms with Crippen molar-refractivity contribution in [2.24, 2.45) is 0 Å². The quantitative estimate of drug-likeness (QED) is 0.861. The van der Waals surface area contributed by atoms with Crippen molar-refractivity contribution in [3.05, 3.63) is 47.7 Å². The topological polar surface area (TPSA) is 79.8 Å². The van der Waals surface area contributed by atoms with E-state index in [1.54, 1.807) is 12.1 Å². The third-order valence-electron chi connectivity index (χ3n) is 2.54. The summed E-state index contributed by atoms with van der Waals surface area (Å²) in [5.41, 5.74) is 0.544. The smallest absolute Gasteiger partial charge is 0.254 e. The predicted octanol–water partition coefficient (Wildman–Crippen LogP) is 1.37. The van der Waals surface area contributed by atoms with E-state index in [9.17, 15) is 9.18 Å². The van der Waals surface area contributed by atoms with Gasteiger partial charge in [0.2, 0.25) is 0 Å². The largest absolute Gasteiger partial charge is 0.368 e. The maximum absolute atomic E-state index is 14.0. The van der Waals surface area contributed by atoms with Crippen molar-refractivity contribution >= 4 is 11.7 Å². The average molecular weight is 275 g/mol. The molecule has 6 nitrogen and oxygen atoms in total. The Morgan fingerprint density at radius 2 is 2.20 bits per heavy atom. The number of halogens is 1. The Hall–Kier alpha value is -2.57. The molecule has 2 N–H and O–H groups in total. The molecule has 0 radical (unpaired) electrons. The van der Waals surface area contributed by atoms with Gasteiger partial charge in [-0.05, 0) is 25.1 Å². The number of nitrogens with one attached hydrogen (secondary N) is 2. The minimum Gasteiger partial charge on any atom is -0.368 e. The Kier molecular flexibility index (Phi) is 4.54. The van der Waals surface area contributed by atoms with Gasteiger partial charge in [-0.15, -0.1) is 0 Å². The van der Waals surface area contributed by atoms with Crippen LogP contribution in [0.15, 0.2) is 30.6 Å². The van der Waals surface area contributed by atoms with Crippen LogP contribution in [-0.4, -0.2) is 27.6 Å². The maximum Gasteiger partial charge on any atom is 0.254 e. The highest BCUT2D eigenvalue weighted by atomic mass is 19.1. The molecule has 0 saturated carbocycles. The van der Waals surface area contributed by atoms with Gasteiger partial charge in [-0.3, -0.25) is 4.79 Å². The van der Waals surface area contributed by atoms with E-state index in [0.29, 0.717) is 12.2 Å². The lowest BCUT2D eigenvalue weighted by Gasteiger charge is -2.08. The third-order valence-corrected chi connectivity index (χ3v) is 2.54. The second-order valence-corrected chi connectivity index (χ2v) is 3.95. The molecule has 0 unspecified atom stereocenters. The first-order valence-electron chi connectivity index (χ1n) is 6.15. The highest BCUT2D eigenvalue weighted by Crippen LogP contribution is 2.14. The average Bonchev–Trinajstić information content (AvgIpc) is 2.48. The number of carbonyl (C=O) groups excluding carboxylic acids is 1. The van der Waals surface area contributed by atoms with Crippen LogP contribution in [0.25, 0.3) is 0 Å². The highest BCUT2D eigenvalue weighted by Gasteiger charge is 2.15. The molecule has 0 aromatic carbocycles. The van der Waals surface area contributed by atoms with Crippen LogP contribution in [0.2, 0.25) is 0 Å². The molecule has 0 bridgehead atoms. The summed E-state index contributed by atoms with van der Waals surface area (Å²) in [6, 6.07) is 4.77. The number of anilines is 1. The van der Waals surface area contributed by atoms with E-state index in [4.69, 9.17) is 0 Å². The molecule has 0 aliphatic rings. The van der Waals surface area contributed by atoms with Crippen molar-refractivity contribution in [3.8, 4) is 0 Å². The molecule has 1 amide bonds. The van der Waals surface area contributed by atoms with Gasteiger partial charge >= 0.3 is 0 Å². The molecule has 0 fully saturated rings. The number of carbonyl (C=O) groups is 1. The van der Waals surface area contributed by atoms with E-state index in [0.717, 1.165) is 0 Å². The Labute approximate surface area is 115 Å². The molecular formula is C13H14FN5O. The van der Waals surface area contributed by atoms with Crippen LogP contribution in [-0.2, 0) is 6.54 Å². The minimum atomic E-state index is -0.661. The summed E-state index contributed by atoms with van der Waals surface area (Å²) in [6.45, 7) is 2.53. The molecule has 2 aromatic heterocycles. The number of aromatic nitrogens is 3. The summed E-state index contributed by atoms with van der Waals surface area (Å²) in [4.78, 5) is 15.8. The van der Waals surface area contributed by atoms with Gasteiger partial charge in [0.15, 0.2) is 11.6 Å². The first kappa shape index (κ1) is 13.9. The first-order chi connectivity index (χ1) is 9.72. The number of hydrogen-bond donors (Lipinski definition) is 2. The molecule has 0 spiro atoms. The van der Waals surface area contributed by atoms with Gasteiger partial charge in [-0.2, -0.15) is 10.2 Å². The fourth-order valence-corrected chi connectivity index (χ4v) is 1.60. The van der Waals surface area contributed by atoms with Gasteiger partial charge in [0.05, 0.1) is 17.8 Å². The highest BCUT2D eigenvalue weighted by molar-refractivity contribution is 5.95. The van der Waals surface area contributed by atoms with Crippen molar-refractivity contribution in [2.75, 3.05) is 11.9 Å². The molecule has 104 valence electrons. The van der Waals surface area contributed by atoms with Gasteiger partial charge in [-0.25, -0.2) is 9.37 Å². The van der Waals surface area contributed by atoms with Crippen LogP contribution >= 0.6 is 0 Å². The second-order valence-electron chi connectivity index (χ2n) is 3.95. The molecule has 0 aliphatic heterocycles. The van der Waals surface area contributed by atoms with E-state index < -0.39 is 11.7 Å². The fraction of sp³-hybridized carbons (Fsp3) is 0.231. The first-order valence-corrected chi connectivity index (χ1v) is 6.15. The van der Waals surface area contributed by atoms with Crippen LogP contribution in [0.1, 0.15) is 23.0 Å². The molecule has 7 heteroatoms. The molecule has 0 saturated heterocycles. The number of amides is 1. The van der Waals surface area contributed by atoms with E-state index >= 15 is 0 Å². The van der Waals surface area contributed by atoms with Crippen LogP contribution < -0.4 is 10.6 Å². The van der Waals surface area contributed by atoms with Crippen molar-refractivity contribution in [2.45, 2.75) is 13.5 Å². The van der Waals surface area contributed by atoms with Gasteiger partial charge in [0, 0.05) is 18.9 Å². The van der Waals surface area contributed by atoms with Crippen LogP contribution in [0.4, 0.5) is 10.2 Å². The predicted molar refractivity (Wildman–Crippen MR) is 71.6 cm³/mol. The second kappa shape index (κ2) is 6.55. The zero-order chi connectivity index (χ0) is 14.4. The van der Waals surface area contributed by atoms with Gasteiger partial charge in [0.25, 0.3) is 5.91 Å². The van der Waals surface area contributed by atoms with Gasteiger partial charge in [-0.1, -0.05) is 0 Å². The summed E-state index contributed by atoms with van der Waals surface area (Å²) in [6.07, 6.45) is 2.93. The summed E-state index contributed by atoms with van der Waals surface area (Å²) in [5, 5.41) is 12.9. The zero-order valence-electron chi connectivity index (χ0n) is 10.9. The summed E-state index contributed by atoms with van der Waals surface area (Å²) in [5.74, 6) is -1.11. The lowest BCUT2D eigenvalue weighted by molar-refractivity contribution is 0.0946. The van der Waals surface area contributed by atoms with Crippen LogP contribution in [0, 0.1) is 5.82 Å². The van der Waals surface area contributed by atoms with E-state index in [-0.39, 0.29) is 17.9 Å².